The summed E-state index contributed by atoms with van der Waals surface area (Å²) in [7, 11) is 1.77. The maximum atomic E-state index is 5.47. The highest BCUT2D eigenvalue weighted by Crippen LogP contribution is 2.40. The number of pyridine rings is 1. The van der Waals surface area contributed by atoms with Crippen LogP contribution in [0.3, 0.4) is 0 Å². The Hall–Kier alpha value is -3.91. The number of H-pyrrole nitrogens is 1. The van der Waals surface area contributed by atoms with E-state index < -0.39 is 0 Å². The number of ether oxygens (including phenoxy) is 1. The predicted octanol–water partition coefficient (Wildman–Crippen LogP) is 5.65. The summed E-state index contributed by atoms with van der Waals surface area (Å²) in [6.07, 6.45) is 4.98. The van der Waals surface area contributed by atoms with Crippen molar-refractivity contribution in [3.8, 4) is 22.5 Å². The molecule has 0 saturated heterocycles. The van der Waals surface area contributed by atoms with Gasteiger partial charge in [-0.3, -0.25) is 0 Å². The molecule has 194 valence electrons. The van der Waals surface area contributed by atoms with Crippen LogP contribution >= 0.6 is 0 Å². The second-order valence-corrected chi connectivity index (χ2v) is 10.2. The third-order valence-corrected chi connectivity index (χ3v) is 7.82. The molecule has 2 atom stereocenters. The monoisotopic (exact) mass is 507 g/mol. The average Bonchev–Trinajstić information content (AvgIpc) is 3.70. The molecule has 2 aromatic carbocycles. The summed E-state index contributed by atoms with van der Waals surface area (Å²) in [5.41, 5.74) is 10.3. The summed E-state index contributed by atoms with van der Waals surface area (Å²) in [6.45, 7) is 6.44. The van der Waals surface area contributed by atoms with Crippen LogP contribution in [-0.2, 0) is 24.0 Å². The number of aryl methyl sites for hydroxylation is 4. The molecule has 8 heteroatoms. The van der Waals surface area contributed by atoms with Crippen LogP contribution in [0.1, 0.15) is 60.9 Å². The summed E-state index contributed by atoms with van der Waals surface area (Å²) in [6, 6.07) is 17.5. The molecule has 0 spiro atoms. The first-order valence-electron chi connectivity index (χ1n) is 13.4. The normalized spacial score (nSPS) is 15.7. The van der Waals surface area contributed by atoms with Crippen molar-refractivity contribution in [3.05, 3.63) is 76.7 Å². The predicted molar refractivity (Wildman–Crippen MR) is 148 cm³/mol. The molecule has 1 N–H and O–H groups in total. The van der Waals surface area contributed by atoms with Crippen molar-refractivity contribution in [1.29, 1.82) is 0 Å². The molecule has 3 aromatic heterocycles. The summed E-state index contributed by atoms with van der Waals surface area (Å²) in [5, 5.41) is 14.7. The fourth-order valence-corrected chi connectivity index (χ4v) is 5.74. The molecule has 0 saturated carbocycles. The first-order chi connectivity index (χ1) is 18.6. The van der Waals surface area contributed by atoms with Crippen molar-refractivity contribution < 1.29 is 4.74 Å². The summed E-state index contributed by atoms with van der Waals surface area (Å²) in [4.78, 5) is 10.2. The van der Waals surface area contributed by atoms with Gasteiger partial charge in [-0.2, -0.15) is 5.21 Å². The van der Waals surface area contributed by atoms with Gasteiger partial charge in [0.15, 0.2) is 5.65 Å². The van der Waals surface area contributed by atoms with Gasteiger partial charge in [-0.1, -0.05) is 49.4 Å². The molecule has 0 aliphatic heterocycles. The maximum Gasteiger partial charge on any atom is 0.205 e. The number of aromatic amines is 1. The number of fused-ring (bicyclic) bond motifs is 2. The van der Waals surface area contributed by atoms with Crippen molar-refractivity contribution in [3.63, 3.8) is 0 Å². The highest BCUT2D eigenvalue weighted by Gasteiger charge is 2.29. The van der Waals surface area contributed by atoms with Gasteiger partial charge in [-0.25, -0.2) is 9.97 Å². The second kappa shape index (κ2) is 10.1. The van der Waals surface area contributed by atoms with Gasteiger partial charge in [-0.05, 0) is 78.6 Å². The van der Waals surface area contributed by atoms with Crippen LogP contribution in [0.15, 0.2) is 48.5 Å². The fourth-order valence-electron chi connectivity index (χ4n) is 5.74. The number of nitrogens with zero attached hydrogens (tertiary/aromatic N) is 6. The highest BCUT2D eigenvalue weighted by molar-refractivity contribution is 5.81. The van der Waals surface area contributed by atoms with Crippen molar-refractivity contribution >= 4 is 11.2 Å². The number of nitrogens with one attached hydrogen (secondary N) is 1. The minimum absolute atomic E-state index is 0.213. The topological polar surface area (TPSA) is 94.4 Å². The first kappa shape index (κ1) is 24.4. The van der Waals surface area contributed by atoms with Crippen LogP contribution in [0.2, 0.25) is 0 Å². The van der Waals surface area contributed by atoms with Crippen molar-refractivity contribution in [2.75, 3.05) is 7.11 Å². The van der Waals surface area contributed by atoms with Gasteiger partial charge in [0, 0.05) is 24.8 Å². The smallest absolute Gasteiger partial charge is 0.205 e. The number of aromatic nitrogens is 7. The Bertz CT molecular complexity index is 1590. The van der Waals surface area contributed by atoms with Crippen molar-refractivity contribution in [2.45, 2.75) is 65.0 Å². The maximum absolute atomic E-state index is 5.47. The van der Waals surface area contributed by atoms with Gasteiger partial charge >= 0.3 is 0 Å². The lowest BCUT2D eigenvalue weighted by molar-refractivity contribution is 0.111. The second-order valence-electron chi connectivity index (χ2n) is 10.2. The Labute approximate surface area is 222 Å². The Morgan fingerprint density at radius 2 is 1.95 bits per heavy atom. The lowest BCUT2D eigenvalue weighted by Crippen LogP contribution is -2.12. The number of methoxy groups -OCH3 is 1. The van der Waals surface area contributed by atoms with E-state index in [1.807, 2.05) is 12.1 Å². The SMILES string of the molecule is CCc1nc2c(C)cc(CC[C@H](C)OC)nc2n1[C@H]1CCc2cc(-c3ccccc3-c3nn[nH]n3)ccc21. The number of hydrogen-bond donors (Lipinski definition) is 1. The van der Waals surface area contributed by atoms with Crippen molar-refractivity contribution in [1.82, 2.24) is 35.2 Å². The van der Waals surface area contributed by atoms with Crippen LogP contribution in [0.25, 0.3) is 33.7 Å². The molecule has 0 bridgehead atoms. The molecule has 8 nitrogen and oxygen atoms in total. The van der Waals surface area contributed by atoms with Crippen LogP contribution < -0.4 is 0 Å². The Morgan fingerprint density at radius 3 is 2.71 bits per heavy atom. The molecule has 0 amide bonds. The Morgan fingerprint density at radius 1 is 1.11 bits per heavy atom. The summed E-state index contributed by atoms with van der Waals surface area (Å²) >= 11 is 0. The van der Waals surface area contributed by atoms with Crippen LogP contribution in [-0.4, -0.2) is 48.4 Å². The molecular weight excluding hydrogens is 474 g/mol. The molecular formula is C30H33N7O. The van der Waals surface area contributed by atoms with E-state index in [0.29, 0.717) is 5.82 Å². The van der Waals surface area contributed by atoms with E-state index in [2.05, 4.69) is 82.4 Å². The number of hydrogen-bond acceptors (Lipinski definition) is 6. The Balaban J connectivity index is 1.40. The van der Waals surface area contributed by atoms with Crippen LogP contribution in [0.4, 0.5) is 0 Å². The molecule has 3 heterocycles. The van der Waals surface area contributed by atoms with E-state index in [1.165, 1.54) is 22.3 Å². The highest BCUT2D eigenvalue weighted by atomic mass is 16.5. The van der Waals surface area contributed by atoms with Gasteiger partial charge in [0.1, 0.15) is 11.3 Å². The minimum Gasteiger partial charge on any atom is -0.382 e. The van der Waals surface area contributed by atoms with Crippen LogP contribution in [0, 0.1) is 6.92 Å². The van der Waals surface area contributed by atoms with E-state index in [-0.39, 0.29) is 12.1 Å². The third kappa shape index (κ3) is 4.28. The third-order valence-electron chi connectivity index (χ3n) is 7.82. The number of imidazole rings is 1. The van der Waals surface area contributed by atoms with E-state index in [1.54, 1.807) is 7.11 Å². The first-order valence-corrected chi connectivity index (χ1v) is 13.4. The standard InChI is InChI=1S/C30H33N7O/c1-5-27-32-28-18(2)16-22(13-10-19(3)38-4)31-30(28)37(27)26-15-12-21-17-20(11-14-24(21)26)23-8-6-7-9-25(23)29-33-35-36-34-29/h6-9,11,14,16-17,19,26H,5,10,12-13,15H2,1-4H3,(H,33,34,35,36)/t19-,26-/m0/s1. The van der Waals surface area contributed by atoms with E-state index in [9.17, 15) is 0 Å². The quantitative estimate of drug-likeness (QED) is 0.292. The molecule has 1 aliphatic carbocycles. The van der Waals surface area contributed by atoms with E-state index in [0.717, 1.165) is 65.9 Å². The molecule has 5 aromatic rings. The fraction of sp³-hybridized carbons (Fsp3) is 0.367. The molecule has 0 radical (unpaired) electrons. The van der Waals surface area contributed by atoms with Crippen molar-refractivity contribution in [2.24, 2.45) is 0 Å². The largest absolute Gasteiger partial charge is 0.382 e. The number of rotatable bonds is 8. The lowest BCUT2D eigenvalue weighted by atomic mass is 9.96. The minimum atomic E-state index is 0.213. The molecule has 1 aliphatic rings. The zero-order chi connectivity index (χ0) is 26.2. The van der Waals surface area contributed by atoms with Gasteiger partial charge in [0.25, 0.3) is 0 Å². The van der Waals surface area contributed by atoms with Crippen LogP contribution in [0.5, 0.6) is 0 Å². The molecule has 0 unspecified atom stereocenters. The van der Waals surface area contributed by atoms with Gasteiger partial charge < -0.3 is 9.30 Å². The van der Waals surface area contributed by atoms with E-state index in [4.69, 9.17) is 14.7 Å². The van der Waals surface area contributed by atoms with E-state index >= 15 is 0 Å². The van der Waals surface area contributed by atoms with Gasteiger partial charge in [0.05, 0.1) is 12.1 Å². The van der Waals surface area contributed by atoms with Gasteiger partial charge in [0.2, 0.25) is 5.82 Å². The molecule has 0 fully saturated rings. The zero-order valence-corrected chi connectivity index (χ0v) is 22.4. The summed E-state index contributed by atoms with van der Waals surface area (Å²) in [5.74, 6) is 1.70. The van der Waals surface area contributed by atoms with Gasteiger partial charge in [-0.15, -0.1) is 10.2 Å². The zero-order valence-electron chi connectivity index (χ0n) is 22.4. The molecule has 6 rings (SSSR count). The summed E-state index contributed by atoms with van der Waals surface area (Å²) < 4.78 is 7.88. The number of tetrazole rings is 1. The molecule has 38 heavy (non-hydrogen) atoms. The number of benzene rings is 2. The Kier molecular flexibility index (Phi) is 6.49. The lowest BCUT2D eigenvalue weighted by Gasteiger charge is -2.18. The average molecular weight is 508 g/mol.